The van der Waals surface area contributed by atoms with Crippen molar-refractivity contribution < 1.29 is 58.6 Å². The van der Waals surface area contributed by atoms with E-state index in [0.29, 0.717) is 12.1 Å². The molecule has 1 aromatic carbocycles. The number of carbonyl (C=O) groups excluding carboxylic acids is 5. The van der Waals surface area contributed by atoms with Gasteiger partial charge in [0.05, 0.1) is 12.0 Å². The maximum atomic E-state index is 13.1. The van der Waals surface area contributed by atoms with Gasteiger partial charge in [0, 0.05) is 17.8 Å². The van der Waals surface area contributed by atoms with E-state index < -0.39 is 58.1 Å². The number of aliphatic carboxylic acids is 1. The summed E-state index contributed by atoms with van der Waals surface area (Å²) >= 11 is 1.27. The quantitative estimate of drug-likeness (QED) is 0.284. The number of carboxylic acids is 1. The van der Waals surface area contributed by atoms with Gasteiger partial charge in [-0.05, 0) is 19.4 Å². The Balaban J connectivity index is 0.00000306. The molecule has 3 heterocycles. The van der Waals surface area contributed by atoms with Gasteiger partial charge in [0.1, 0.15) is 17.5 Å². The van der Waals surface area contributed by atoms with E-state index in [2.05, 4.69) is 16.0 Å². The van der Waals surface area contributed by atoms with Crippen LogP contribution in [0.4, 0.5) is 9.59 Å². The van der Waals surface area contributed by atoms with Crippen LogP contribution in [0.15, 0.2) is 30.3 Å². The summed E-state index contributed by atoms with van der Waals surface area (Å²) in [5, 5.41) is 18.7. The van der Waals surface area contributed by atoms with Gasteiger partial charge in [0.2, 0.25) is 11.8 Å². The molecule has 11 nitrogen and oxygen atoms in total. The maximum Gasteiger partial charge on any atom is 1.00 e. The fraction of sp³-hybridized carbons (Fsp3) is 0.450. The molecule has 6 amide bonds. The van der Waals surface area contributed by atoms with Crippen LogP contribution in [0.2, 0.25) is 0 Å². The van der Waals surface area contributed by atoms with E-state index in [0.717, 1.165) is 4.90 Å². The van der Waals surface area contributed by atoms with Crippen LogP contribution in [0.25, 0.3) is 0 Å². The number of nitrogens with one attached hydrogen (secondary N) is 3. The smallest absolute Gasteiger partial charge is 0.548 e. The van der Waals surface area contributed by atoms with Crippen molar-refractivity contribution in [2.45, 2.75) is 42.1 Å². The topological polar surface area (TPSA) is 151 Å². The number of carbonyl (C=O) groups is 5. The Labute approximate surface area is 216 Å². The number of nitrogens with zero attached hydrogens (tertiary/aromatic N) is 2. The van der Waals surface area contributed by atoms with E-state index in [4.69, 9.17) is 0 Å². The second-order valence-electron chi connectivity index (χ2n) is 8.24. The third-order valence-electron chi connectivity index (χ3n) is 5.73. The molecule has 33 heavy (non-hydrogen) atoms. The molecule has 13 heteroatoms. The number of hydrogen-bond donors (Lipinski definition) is 3. The zero-order valence-corrected chi connectivity index (χ0v) is 21.2. The predicted octanol–water partition coefficient (Wildman–Crippen LogP) is -4.24. The minimum Gasteiger partial charge on any atom is -0.548 e. The molecule has 0 bridgehead atoms. The van der Waals surface area contributed by atoms with Crippen LogP contribution < -0.4 is 50.6 Å². The van der Waals surface area contributed by atoms with Crippen LogP contribution in [-0.2, 0) is 14.4 Å². The summed E-state index contributed by atoms with van der Waals surface area (Å²) in [6.45, 7) is 3.89. The van der Waals surface area contributed by atoms with Crippen molar-refractivity contribution in [1.82, 2.24) is 25.8 Å². The number of benzene rings is 1. The van der Waals surface area contributed by atoms with Gasteiger partial charge >= 0.3 is 41.6 Å². The Morgan fingerprint density at radius 2 is 1.88 bits per heavy atom. The Hall–Kier alpha value is -2.28. The van der Waals surface area contributed by atoms with Gasteiger partial charge in [-0.1, -0.05) is 30.3 Å². The van der Waals surface area contributed by atoms with E-state index >= 15 is 0 Å². The first-order chi connectivity index (χ1) is 15.1. The van der Waals surface area contributed by atoms with Crippen LogP contribution >= 0.6 is 11.8 Å². The van der Waals surface area contributed by atoms with Crippen LogP contribution in [0.3, 0.4) is 0 Å². The van der Waals surface area contributed by atoms with Crippen molar-refractivity contribution in [3.8, 4) is 0 Å². The van der Waals surface area contributed by atoms with E-state index in [-0.39, 0.29) is 36.1 Å². The summed E-state index contributed by atoms with van der Waals surface area (Å²) < 4.78 is -0.783. The van der Waals surface area contributed by atoms with Gasteiger partial charge in [-0.2, -0.15) is 0 Å². The molecule has 0 radical (unpaired) electrons. The second kappa shape index (κ2) is 9.53. The number of thioether (sulfide) groups is 1. The first-order valence-electron chi connectivity index (χ1n) is 10.0. The van der Waals surface area contributed by atoms with Gasteiger partial charge in [0.25, 0.3) is 0 Å². The van der Waals surface area contributed by atoms with Crippen molar-refractivity contribution in [3.63, 3.8) is 0 Å². The van der Waals surface area contributed by atoms with Gasteiger partial charge < -0.3 is 30.8 Å². The molecule has 3 saturated heterocycles. The third kappa shape index (κ3) is 4.57. The van der Waals surface area contributed by atoms with Gasteiger partial charge in [-0.3, -0.25) is 9.59 Å². The Morgan fingerprint density at radius 1 is 1.21 bits per heavy atom. The molecule has 1 unspecified atom stereocenters. The van der Waals surface area contributed by atoms with Gasteiger partial charge in [-0.15, -0.1) is 11.8 Å². The predicted molar refractivity (Wildman–Crippen MR) is 111 cm³/mol. The number of carboxylic acid groups (broad SMARTS) is 1. The number of hydrogen-bond acceptors (Lipinski definition) is 7. The fourth-order valence-electron chi connectivity index (χ4n) is 4.18. The van der Waals surface area contributed by atoms with Crippen molar-refractivity contribution in [2.75, 3.05) is 13.1 Å². The summed E-state index contributed by atoms with van der Waals surface area (Å²) in [5.41, 5.74) is 0.466. The van der Waals surface area contributed by atoms with Crippen molar-refractivity contribution >= 4 is 41.6 Å². The van der Waals surface area contributed by atoms with E-state index in [1.165, 1.54) is 16.7 Å². The largest absolute Gasteiger partial charge is 1.00 e. The molecule has 0 aliphatic carbocycles. The molecule has 0 aromatic heterocycles. The van der Waals surface area contributed by atoms with Crippen LogP contribution in [0, 0.1) is 0 Å². The Kier molecular flexibility index (Phi) is 7.32. The molecule has 3 aliphatic heterocycles. The van der Waals surface area contributed by atoms with E-state index in [9.17, 15) is 29.1 Å². The van der Waals surface area contributed by atoms with Crippen LogP contribution in [0.1, 0.15) is 25.5 Å². The van der Waals surface area contributed by atoms with Crippen molar-refractivity contribution in [3.05, 3.63) is 35.9 Å². The molecule has 3 fully saturated rings. The number of β-lactam (4-membered cyclic amide) rings is 1. The second-order valence-corrected chi connectivity index (χ2v) is 10.0. The minimum absolute atomic E-state index is 0. The summed E-state index contributed by atoms with van der Waals surface area (Å²) in [6.07, 6.45) is 0. The molecule has 0 spiro atoms. The SMILES string of the molecule is CC1(C)S[C@@H]2[C@H](NC(=O)C(NC(=O)N3CCNC3=O)c3ccccc3)C(=O)N2[C@H]1C(=O)[O-].[Na+]. The zero-order chi connectivity index (χ0) is 23.2. The monoisotopic (exact) mass is 483 g/mol. The first-order valence-corrected chi connectivity index (χ1v) is 10.9. The molecular weight excluding hydrogens is 461 g/mol. The van der Waals surface area contributed by atoms with E-state index in [1.807, 2.05) is 0 Å². The average Bonchev–Trinajstić information content (AvgIpc) is 3.29. The summed E-state index contributed by atoms with van der Waals surface area (Å²) in [7, 11) is 0. The molecule has 1 aromatic rings. The van der Waals surface area contributed by atoms with Crippen LogP contribution in [-0.4, -0.2) is 74.9 Å². The van der Waals surface area contributed by atoms with Gasteiger partial charge in [0.15, 0.2) is 0 Å². The minimum atomic E-state index is -1.35. The number of amides is 6. The molecule has 4 rings (SSSR count). The standard InChI is InChI=1S/C20H23N5O6S.Na/c1-20(2)13(17(28)29)25-15(27)12(16(25)32-20)22-14(26)11(10-6-4-3-5-7-10)23-19(31)24-9-8-21-18(24)30;/h3-7,11-13,16H,8-9H2,1-2H3,(H,21,30)(H,22,26)(H,23,31)(H,28,29);/q;+1/p-1/t11?,12-,13+,16-;/m1./s1. The molecule has 3 aliphatic rings. The Bertz CT molecular complexity index is 992. The van der Waals surface area contributed by atoms with Crippen molar-refractivity contribution in [2.24, 2.45) is 0 Å². The third-order valence-corrected chi connectivity index (χ3v) is 7.30. The molecule has 4 atom stereocenters. The van der Waals surface area contributed by atoms with Gasteiger partial charge in [-0.25, -0.2) is 14.5 Å². The summed E-state index contributed by atoms with van der Waals surface area (Å²) in [5.74, 6) is -2.51. The number of imide groups is 1. The number of rotatable bonds is 5. The van der Waals surface area contributed by atoms with Crippen molar-refractivity contribution in [1.29, 1.82) is 0 Å². The fourth-order valence-corrected chi connectivity index (χ4v) is 5.80. The van der Waals surface area contributed by atoms with E-state index in [1.54, 1.807) is 44.2 Å². The zero-order valence-electron chi connectivity index (χ0n) is 18.4. The number of urea groups is 2. The average molecular weight is 483 g/mol. The Morgan fingerprint density at radius 3 is 2.45 bits per heavy atom. The molecule has 0 saturated carbocycles. The maximum absolute atomic E-state index is 13.1. The molecule has 3 N–H and O–H groups in total. The normalized spacial score (nSPS) is 25.8. The summed E-state index contributed by atoms with van der Waals surface area (Å²) in [6, 6.07) is 3.93. The van der Waals surface area contributed by atoms with Crippen LogP contribution in [0.5, 0.6) is 0 Å². The number of fused-ring (bicyclic) bond motifs is 1. The molecular formula is C20H22N5NaO6S. The molecule has 170 valence electrons. The summed E-state index contributed by atoms with van der Waals surface area (Å²) in [4.78, 5) is 63.9. The first kappa shape index (κ1) is 25.3.